The van der Waals surface area contributed by atoms with E-state index in [4.69, 9.17) is 5.14 Å². The molecule has 7 heteroatoms. The first-order valence-electron chi connectivity index (χ1n) is 10.9. The Morgan fingerprint density at radius 1 is 1.19 bits per heavy atom. The molecule has 31 heavy (non-hydrogen) atoms. The van der Waals surface area contributed by atoms with E-state index in [1.165, 1.54) is 6.07 Å². The molecule has 0 aromatic heterocycles. The fraction of sp³-hybridized carbons (Fsp3) is 0.500. The van der Waals surface area contributed by atoms with Gasteiger partial charge in [0.1, 0.15) is 11.6 Å². The number of rotatable bonds is 8. The number of hydrogen-bond donors (Lipinski definition) is 2. The first-order chi connectivity index (χ1) is 14.7. The Kier molecular flexibility index (Phi) is 6.21. The highest BCUT2D eigenvalue weighted by Crippen LogP contribution is 2.44. The number of aryl methyl sites for hydroxylation is 1. The number of nitrogens with two attached hydrogens (primary N) is 1. The lowest BCUT2D eigenvalue weighted by atomic mass is 9.79. The van der Waals surface area contributed by atoms with Crippen LogP contribution in [-0.2, 0) is 29.3 Å². The van der Waals surface area contributed by atoms with Gasteiger partial charge in [-0.3, -0.25) is 0 Å². The van der Waals surface area contributed by atoms with Crippen molar-refractivity contribution in [2.24, 2.45) is 11.1 Å². The Morgan fingerprint density at radius 3 is 2.58 bits per heavy atom. The van der Waals surface area contributed by atoms with Gasteiger partial charge in [0.05, 0.1) is 4.75 Å². The second kappa shape index (κ2) is 8.60. The highest BCUT2D eigenvalue weighted by Gasteiger charge is 2.46. The predicted octanol–water partition coefficient (Wildman–Crippen LogP) is 3.83. The Labute approximate surface area is 183 Å². The molecule has 0 radical (unpaired) electrons. The van der Waals surface area contributed by atoms with E-state index in [0.29, 0.717) is 43.6 Å². The number of halogens is 2. The van der Waals surface area contributed by atoms with Crippen LogP contribution in [0.5, 0.6) is 0 Å². The molecule has 0 saturated heterocycles. The third-order valence-corrected chi connectivity index (χ3v) is 9.11. The lowest BCUT2D eigenvalue weighted by Crippen LogP contribution is -2.49. The molecule has 1 fully saturated rings. The zero-order chi connectivity index (χ0) is 22.2. The fourth-order valence-corrected chi connectivity index (χ4v) is 6.60. The van der Waals surface area contributed by atoms with E-state index in [9.17, 15) is 17.2 Å². The third-order valence-electron chi connectivity index (χ3n) is 7.29. The van der Waals surface area contributed by atoms with Crippen molar-refractivity contribution in [1.29, 1.82) is 0 Å². The summed E-state index contributed by atoms with van der Waals surface area (Å²) in [7, 11) is -1.76. The monoisotopic (exact) mass is 448 g/mol. The summed E-state index contributed by atoms with van der Waals surface area (Å²) in [6, 6.07) is 10.2. The lowest BCUT2D eigenvalue weighted by molar-refractivity contribution is 0.317. The van der Waals surface area contributed by atoms with Crippen LogP contribution in [0.25, 0.3) is 0 Å². The van der Waals surface area contributed by atoms with E-state index in [-0.39, 0.29) is 17.6 Å². The smallest absolute Gasteiger partial charge is 0.214 e. The van der Waals surface area contributed by atoms with Crippen LogP contribution in [0.15, 0.2) is 36.4 Å². The maximum absolute atomic E-state index is 14.9. The molecule has 4 rings (SSSR count). The lowest BCUT2D eigenvalue weighted by Gasteiger charge is -2.39. The summed E-state index contributed by atoms with van der Waals surface area (Å²) in [6.07, 6.45) is 4.08. The van der Waals surface area contributed by atoms with Gasteiger partial charge in [-0.2, -0.15) is 0 Å². The van der Waals surface area contributed by atoms with Crippen LogP contribution < -0.4 is 10.5 Å². The normalized spacial score (nSPS) is 22.2. The molecular weight excluding hydrogens is 418 g/mol. The van der Waals surface area contributed by atoms with Crippen LogP contribution in [-0.4, -0.2) is 26.8 Å². The molecule has 2 aliphatic rings. The Bertz CT molecular complexity index is 1070. The zero-order valence-corrected chi connectivity index (χ0v) is 18.7. The van der Waals surface area contributed by atoms with Crippen molar-refractivity contribution in [2.45, 2.75) is 55.6 Å². The predicted molar refractivity (Wildman–Crippen MR) is 118 cm³/mol. The second-order valence-electron chi connectivity index (χ2n) is 9.19. The fourth-order valence-electron chi connectivity index (χ4n) is 5.35. The van der Waals surface area contributed by atoms with Gasteiger partial charge in [0.15, 0.2) is 0 Å². The molecule has 2 aromatic carbocycles. The summed E-state index contributed by atoms with van der Waals surface area (Å²) in [5, 5.41) is 8.71. The van der Waals surface area contributed by atoms with Gasteiger partial charge in [0, 0.05) is 0 Å². The molecule has 2 aliphatic carbocycles. The minimum Gasteiger partial charge on any atom is -0.319 e. The van der Waals surface area contributed by atoms with Gasteiger partial charge in [-0.15, -0.1) is 0 Å². The van der Waals surface area contributed by atoms with Crippen LogP contribution in [0, 0.1) is 17.6 Å². The average molecular weight is 449 g/mol. The van der Waals surface area contributed by atoms with E-state index in [2.05, 4.69) is 5.32 Å². The summed E-state index contributed by atoms with van der Waals surface area (Å²) in [5.41, 5.74) is 3.56. The maximum Gasteiger partial charge on any atom is 0.214 e. The molecule has 168 valence electrons. The van der Waals surface area contributed by atoms with Gasteiger partial charge in [0.25, 0.3) is 0 Å². The van der Waals surface area contributed by atoms with Crippen molar-refractivity contribution in [2.75, 3.05) is 13.6 Å². The number of primary sulfonamides is 1. The number of fused-ring (bicyclic) bond motifs is 1. The topological polar surface area (TPSA) is 72.2 Å². The molecule has 2 aromatic rings. The molecule has 4 nitrogen and oxygen atoms in total. The van der Waals surface area contributed by atoms with Gasteiger partial charge in [0.2, 0.25) is 10.0 Å². The molecule has 3 N–H and O–H groups in total. The Morgan fingerprint density at radius 2 is 1.97 bits per heavy atom. The van der Waals surface area contributed by atoms with Crippen LogP contribution in [0.4, 0.5) is 8.78 Å². The number of sulfonamides is 1. The zero-order valence-electron chi connectivity index (χ0n) is 17.8. The molecule has 0 heterocycles. The van der Waals surface area contributed by atoms with E-state index in [1.807, 2.05) is 19.2 Å². The van der Waals surface area contributed by atoms with Crippen molar-refractivity contribution in [3.05, 3.63) is 70.3 Å². The SMILES string of the molecule is CNCC1Cc2cc(F)c(CCC3(S(N)(=O)=O)CCC3)cc2C1Cc1cccc(F)c1. The van der Waals surface area contributed by atoms with Gasteiger partial charge in [-0.05, 0) is 104 Å². The molecular formula is C24H30F2N2O2S. The minimum atomic E-state index is -3.66. The molecule has 1 saturated carbocycles. The van der Waals surface area contributed by atoms with Gasteiger partial charge in [-0.1, -0.05) is 24.6 Å². The molecule has 0 amide bonds. The summed E-state index contributed by atoms with van der Waals surface area (Å²) in [5.74, 6) is -0.0912. The van der Waals surface area contributed by atoms with Crippen molar-refractivity contribution in [3.8, 4) is 0 Å². The van der Waals surface area contributed by atoms with Crippen molar-refractivity contribution >= 4 is 10.0 Å². The van der Waals surface area contributed by atoms with E-state index in [0.717, 1.165) is 36.1 Å². The number of benzene rings is 2. The highest BCUT2D eigenvalue weighted by atomic mass is 32.2. The van der Waals surface area contributed by atoms with Crippen LogP contribution in [0.3, 0.4) is 0 Å². The first-order valence-corrected chi connectivity index (χ1v) is 12.5. The summed E-state index contributed by atoms with van der Waals surface area (Å²) < 4.78 is 51.9. The average Bonchev–Trinajstić information content (AvgIpc) is 2.96. The summed E-state index contributed by atoms with van der Waals surface area (Å²) >= 11 is 0. The van der Waals surface area contributed by atoms with E-state index in [1.54, 1.807) is 18.2 Å². The van der Waals surface area contributed by atoms with Gasteiger partial charge >= 0.3 is 0 Å². The van der Waals surface area contributed by atoms with E-state index < -0.39 is 14.8 Å². The van der Waals surface area contributed by atoms with Gasteiger partial charge in [-0.25, -0.2) is 22.3 Å². The molecule has 0 aliphatic heterocycles. The molecule has 0 bridgehead atoms. The molecule has 0 spiro atoms. The standard InChI is InChI=1S/C24H30F2N2O2S/c1-28-15-19-12-18-14-23(26)17(6-9-24(7-3-8-24)31(27,29)30)13-22(18)21(19)11-16-4-2-5-20(25)10-16/h2,4-5,10,13-14,19,21,28H,3,6-9,11-12,15H2,1H3,(H2,27,29,30). The van der Waals surface area contributed by atoms with Crippen LogP contribution >= 0.6 is 0 Å². The van der Waals surface area contributed by atoms with Crippen LogP contribution in [0.2, 0.25) is 0 Å². The van der Waals surface area contributed by atoms with Crippen molar-refractivity contribution in [1.82, 2.24) is 5.32 Å². The maximum atomic E-state index is 14.9. The minimum absolute atomic E-state index is 0.152. The number of hydrogen-bond acceptors (Lipinski definition) is 3. The highest BCUT2D eigenvalue weighted by molar-refractivity contribution is 7.90. The Balaban J connectivity index is 1.61. The largest absolute Gasteiger partial charge is 0.319 e. The molecule has 2 unspecified atom stereocenters. The first kappa shape index (κ1) is 22.4. The Hall–Kier alpha value is -1.83. The van der Waals surface area contributed by atoms with Gasteiger partial charge < -0.3 is 5.32 Å². The van der Waals surface area contributed by atoms with Crippen molar-refractivity contribution in [3.63, 3.8) is 0 Å². The summed E-state index contributed by atoms with van der Waals surface area (Å²) in [4.78, 5) is 0. The summed E-state index contributed by atoms with van der Waals surface area (Å²) in [6.45, 7) is 0.792. The quantitative estimate of drug-likeness (QED) is 0.645. The third kappa shape index (κ3) is 4.41. The molecule has 2 atom stereocenters. The van der Waals surface area contributed by atoms with Crippen LogP contribution in [0.1, 0.15) is 53.9 Å². The second-order valence-corrected chi connectivity index (χ2v) is 11.1. The number of nitrogens with one attached hydrogen (secondary N) is 1. The van der Waals surface area contributed by atoms with E-state index >= 15 is 0 Å². The van der Waals surface area contributed by atoms with Crippen molar-refractivity contribution < 1.29 is 17.2 Å².